The highest BCUT2D eigenvalue weighted by molar-refractivity contribution is 9.10. The Balaban J connectivity index is 1.73. The monoisotopic (exact) mass is 282 g/mol. The molecule has 1 aliphatic heterocycles. The first-order valence-corrected chi connectivity index (χ1v) is 6.82. The molecule has 1 fully saturated rings. The quantitative estimate of drug-likeness (QED) is 0.912. The summed E-state index contributed by atoms with van der Waals surface area (Å²) >= 11 is 3.60. The maximum atomic E-state index is 3.60. The summed E-state index contributed by atoms with van der Waals surface area (Å²) in [5.41, 5.74) is 1.43. The molecule has 3 heteroatoms. The van der Waals surface area contributed by atoms with Crippen LogP contribution < -0.4 is 5.32 Å². The van der Waals surface area contributed by atoms with Gasteiger partial charge in [-0.15, -0.1) is 0 Å². The van der Waals surface area contributed by atoms with E-state index in [0.29, 0.717) is 0 Å². The van der Waals surface area contributed by atoms with E-state index in [1.54, 1.807) is 0 Å². The number of hydrogen-bond donors (Lipinski definition) is 1. The highest BCUT2D eigenvalue weighted by Crippen LogP contribution is 2.17. The lowest BCUT2D eigenvalue weighted by molar-refractivity contribution is 0.238. The van der Waals surface area contributed by atoms with Crippen LogP contribution in [0, 0.1) is 0 Å². The number of nitrogens with one attached hydrogen (secondary N) is 1. The van der Waals surface area contributed by atoms with E-state index in [4.69, 9.17) is 0 Å². The number of nitrogens with zero attached hydrogens (tertiary/aromatic N) is 1. The molecule has 0 radical (unpaired) electrons. The van der Waals surface area contributed by atoms with Crippen molar-refractivity contribution < 1.29 is 0 Å². The van der Waals surface area contributed by atoms with Crippen LogP contribution in [0.5, 0.6) is 0 Å². The summed E-state index contributed by atoms with van der Waals surface area (Å²) < 4.78 is 1.25. The van der Waals surface area contributed by atoms with Crippen LogP contribution in [0.1, 0.15) is 12.0 Å². The Labute approximate surface area is 106 Å². The van der Waals surface area contributed by atoms with Crippen molar-refractivity contribution in [3.8, 4) is 0 Å². The molecule has 0 saturated carbocycles. The minimum Gasteiger partial charge on any atom is -0.314 e. The van der Waals surface area contributed by atoms with Crippen LogP contribution in [0.25, 0.3) is 0 Å². The van der Waals surface area contributed by atoms with Crippen molar-refractivity contribution >= 4 is 15.9 Å². The normalized spacial score (nSPS) is 17.6. The molecule has 1 N–H and O–H groups in total. The van der Waals surface area contributed by atoms with Gasteiger partial charge in [0.1, 0.15) is 0 Å². The number of piperazine rings is 1. The Kier molecular flexibility index (Phi) is 4.82. The molecule has 1 aromatic rings. The van der Waals surface area contributed by atoms with Crippen LogP contribution in [-0.2, 0) is 6.42 Å². The van der Waals surface area contributed by atoms with Crippen molar-refractivity contribution in [2.45, 2.75) is 12.8 Å². The van der Waals surface area contributed by atoms with Gasteiger partial charge in [0.15, 0.2) is 0 Å². The van der Waals surface area contributed by atoms with Crippen LogP contribution >= 0.6 is 15.9 Å². The fourth-order valence-electron chi connectivity index (χ4n) is 2.13. The fraction of sp³-hybridized carbons (Fsp3) is 0.538. The molecule has 0 amide bonds. The zero-order valence-corrected chi connectivity index (χ0v) is 11.2. The second kappa shape index (κ2) is 6.38. The number of rotatable bonds is 4. The van der Waals surface area contributed by atoms with Crippen molar-refractivity contribution in [3.05, 3.63) is 34.3 Å². The number of aryl methyl sites for hydroxylation is 1. The van der Waals surface area contributed by atoms with E-state index in [1.165, 1.54) is 42.5 Å². The topological polar surface area (TPSA) is 15.3 Å². The van der Waals surface area contributed by atoms with Gasteiger partial charge in [-0.3, -0.25) is 0 Å². The second-order valence-electron chi connectivity index (χ2n) is 4.29. The van der Waals surface area contributed by atoms with Gasteiger partial charge < -0.3 is 10.2 Å². The summed E-state index contributed by atoms with van der Waals surface area (Å²) in [6.07, 6.45) is 2.42. The molecule has 1 heterocycles. The number of halogens is 1. The Bertz CT molecular complexity index is 321. The Morgan fingerprint density at radius 1 is 1.19 bits per heavy atom. The van der Waals surface area contributed by atoms with Gasteiger partial charge in [0.2, 0.25) is 0 Å². The molecule has 2 nitrogen and oxygen atoms in total. The molecule has 0 bridgehead atoms. The van der Waals surface area contributed by atoms with Gasteiger partial charge in [0, 0.05) is 30.7 Å². The largest absolute Gasteiger partial charge is 0.314 e. The highest BCUT2D eigenvalue weighted by Gasteiger charge is 2.08. The van der Waals surface area contributed by atoms with Crippen LogP contribution in [0.3, 0.4) is 0 Å². The van der Waals surface area contributed by atoms with Crippen molar-refractivity contribution in [1.82, 2.24) is 10.2 Å². The smallest absolute Gasteiger partial charge is 0.0207 e. The zero-order valence-electron chi connectivity index (χ0n) is 9.58. The average molecular weight is 283 g/mol. The Morgan fingerprint density at radius 3 is 2.69 bits per heavy atom. The fourth-order valence-corrected chi connectivity index (χ4v) is 2.61. The van der Waals surface area contributed by atoms with Gasteiger partial charge in [0.05, 0.1) is 0 Å². The number of hydrogen-bond acceptors (Lipinski definition) is 2. The predicted octanol–water partition coefficient (Wildman–Crippen LogP) is 2.29. The summed E-state index contributed by atoms with van der Waals surface area (Å²) in [5.74, 6) is 0. The summed E-state index contributed by atoms with van der Waals surface area (Å²) in [5, 5.41) is 3.38. The van der Waals surface area contributed by atoms with E-state index in [-0.39, 0.29) is 0 Å². The van der Waals surface area contributed by atoms with E-state index in [2.05, 4.69) is 50.4 Å². The molecule has 0 unspecified atom stereocenters. The molecule has 2 rings (SSSR count). The zero-order chi connectivity index (χ0) is 11.2. The van der Waals surface area contributed by atoms with Crippen molar-refractivity contribution in [1.29, 1.82) is 0 Å². The summed E-state index contributed by atoms with van der Waals surface area (Å²) in [7, 11) is 0. The molecule has 1 saturated heterocycles. The van der Waals surface area contributed by atoms with Gasteiger partial charge in [-0.25, -0.2) is 0 Å². The lowest BCUT2D eigenvalue weighted by Crippen LogP contribution is -2.43. The second-order valence-corrected chi connectivity index (χ2v) is 5.14. The predicted molar refractivity (Wildman–Crippen MR) is 71.8 cm³/mol. The number of benzene rings is 1. The minimum absolute atomic E-state index is 1.15. The van der Waals surface area contributed by atoms with E-state index < -0.39 is 0 Å². The Morgan fingerprint density at radius 2 is 1.94 bits per heavy atom. The molecule has 16 heavy (non-hydrogen) atoms. The molecule has 88 valence electrons. The molecule has 0 spiro atoms. The van der Waals surface area contributed by atoms with Crippen LogP contribution in [0.4, 0.5) is 0 Å². The highest BCUT2D eigenvalue weighted by atomic mass is 79.9. The lowest BCUT2D eigenvalue weighted by Gasteiger charge is -2.27. The third-order valence-electron chi connectivity index (χ3n) is 3.09. The lowest BCUT2D eigenvalue weighted by atomic mass is 10.1. The van der Waals surface area contributed by atoms with E-state index >= 15 is 0 Å². The van der Waals surface area contributed by atoms with E-state index in [9.17, 15) is 0 Å². The third-order valence-corrected chi connectivity index (χ3v) is 3.86. The maximum absolute atomic E-state index is 3.60. The van der Waals surface area contributed by atoms with Crippen molar-refractivity contribution in [3.63, 3.8) is 0 Å². The first-order chi connectivity index (χ1) is 7.86. The molecule has 0 aromatic heterocycles. The van der Waals surface area contributed by atoms with Crippen molar-refractivity contribution in [2.75, 3.05) is 32.7 Å². The van der Waals surface area contributed by atoms with Gasteiger partial charge in [0.25, 0.3) is 0 Å². The average Bonchev–Trinajstić information content (AvgIpc) is 2.33. The maximum Gasteiger partial charge on any atom is 0.0207 e. The first-order valence-electron chi connectivity index (χ1n) is 6.03. The first kappa shape index (κ1) is 12.1. The van der Waals surface area contributed by atoms with Gasteiger partial charge in [-0.05, 0) is 31.0 Å². The molecular weight excluding hydrogens is 264 g/mol. The minimum atomic E-state index is 1.15. The Hall–Kier alpha value is -0.380. The SMILES string of the molecule is Brc1ccccc1CCCN1CCNCC1. The van der Waals surface area contributed by atoms with Gasteiger partial charge in [-0.1, -0.05) is 34.1 Å². The standard InChI is InChI=1S/C13H19BrN2/c14-13-6-2-1-4-12(13)5-3-9-16-10-7-15-8-11-16/h1-2,4,6,15H,3,5,7-11H2. The molecule has 1 aliphatic rings. The van der Waals surface area contributed by atoms with Crippen LogP contribution in [0.2, 0.25) is 0 Å². The van der Waals surface area contributed by atoms with Crippen LogP contribution in [0.15, 0.2) is 28.7 Å². The van der Waals surface area contributed by atoms with E-state index in [0.717, 1.165) is 13.1 Å². The van der Waals surface area contributed by atoms with Gasteiger partial charge >= 0.3 is 0 Å². The van der Waals surface area contributed by atoms with E-state index in [1.807, 2.05) is 0 Å². The summed E-state index contributed by atoms with van der Waals surface area (Å²) in [6, 6.07) is 8.52. The van der Waals surface area contributed by atoms with Gasteiger partial charge in [-0.2, -0.15) is 0 Å². The molecule has 1 aromatic carbocycles. The summed E-state index contributed by atoms with van der Waals surface area (Å²) in [6.45, 7) is 5.93. The van der Waals surface area contributed by atoms with Crippen molar-refractivity contribution in [2.24, 2.45) is 0 Å². The third kappa shape index (κ3) is 3.58. The molecule has 0 atom stereocenters. The summed E-state index contributed by atoms with van der Waals surface area (Å²) in [4.78, 5) is 2.55. The molecule has 0 aliphatic carbocycles. The molecular formula is C13H19BrN2. The van der Waals surface area contributed by atoms with Crippen LogP contribution in [-0.4, -0.2) is 37.6 Å².